The van der Waals surface area contributed by atoms with Gasteiger partial charge in [0.05, 0.1) is 11.3 Å². The highest BCUT2D eigenvalue weighted by molar-refractivity contribution is 5.83. The number of nitrogens with two attached hydrogens (primary N) is 1. The van der Waals surface area contributed by atoms with Gasteiger partial charge in [0.25, 0.3) is 0 Å². The number of hydrogen-bond acceptors (Lipinski definition) is 5. The van der Waals surface area contributed by atoms with Crippen LogP contribution in [0.15, 0.2) is 12.4 Å². The van der Waals surface area contributed by atoms with E-state index >= 15 is 0 Å². The zero-order chi connectivity index (χ0) is 16.2. The molecule has 0 saturated heterocycles. The number of aldehydes is 1. The van der Waals surface area contributed by atoms with Crippen molar-refractivity contribution in [3.05, 3.63) is 29.5 Å². The second-order valence-electron chi connectivity index (χ2n) is 6.99. The standard InChI is InChI=1S/C16H21N5O2/c1-21-14(17)12(8-22)13(20-21)9-4-10-6-16(23,7-11(10)5-9)15-18-2-3-19-15/h2-3,8-11,23H,4-7,17H2,1H3,(H,18,19). The molecule has 0 bridgehead atoms. The molecule has 0 spiro atoms. The summed E-state index contributed by atoms with van der Waals surface area (Å²) in [6.45, 7) is 0. The Kier molecular flexibility index (Phi) is 3.09. The normalized spacial score (nSPS) is 33.0. The number of carbonyl (C=O) groups excluding carboxylic acids is 1. The summed E-state index contributed by atoms with van der Waals surface area (Å²) in [5.74, 6) is 2.20. The number of H-pyrrole nitrogens is 1. The summed E-state index contributed by atoms with van der Waals surface area (Å²) in [5, 5.41) is 15.3. The molecule has 2 atom stereocenters. The van der Waals surface area contributed by atoms with E-state index in [-0.39, 0.29) is 5.92 Å². The number of aromatic nitrogens is 4. The van der Waals surface area contributed by atoms with Crippen LogP contribution < -0.4 is 5.73 Å². The number of aliphatic hydroxyl groups is 1. The first kappa shape index (κ1) is 14.4. The van der Waals surface area contributed by atoms with Gasteiger partial charge in [-0.1, -0.05) is 0 Å². The minimum Gasteiger partial charge on any atom is -0.383 e. The molecular weight excluding hydrogens is 294 g/mol. The lowest BCUT2D eigenvalue weighted by Crippen LogP contribution is -2.24. The van der Waals surface area contributed by atoms with E-state index in [2.05, 4.69) is 15.1 Å². The van der Waals surface area contributed by atoms with Gasteiger partial charge in [0, 0.05) is 25.4 Å². The maximum atomic E-state index is 11.3. The van der Waals surface area contributed by atoms with Gasteiger partial charge in [-0.2, -0.15) is 5.10 Å². The topological polar surface area (TPSA) is 110 Å². The Morgan fingerprint density at radius 3 is 2.70 bits per heavy atom. The van der Waals surface area contributed by atoms with Crippen LogP contribution in [0.5, 0.6) is 0 Å². The van der Waals surface area contributed by atoms with Gasteiger partial charge >= 0.3 is 0 Å². The van der Waals surface area contributed by atoms with Crippen molar-refractivity contribution in [3.63, 3.8) is 0 Å². The third-order valence-electron chi connectivity index (χ3n) is 5.64. The largest absolute Gasteiger partial charge is 0.383 e. The van der Waals surface area contributed by atoms with Crippen LogP contribution in [0.25, 0.3) is 0 Å². The molecule has 2 saturated carbocycles. The van der Waals surface area contributed by atoms with Crippen LogP contribution in [0.1, 0.15) is 53.5 Å². The van der Waals surface area contributed by atoms with E-state index in [1.54, 1.807) is 24.1 Å². The second kappa shape index (κ2) is 4.92. The van der Waals surface area contributed by atoms with Crippen molar-refractivity contribution in [2.45, 2.75) is 37.2 Å². The molecule has 7 nitrogen and oxygen atoms in total. The predicted octanol–water partition coefficient (Wildman–Crippen LogP) is 1.33. The van der Waals surface area contributed by atoms with Crippen molar-refractivity contribution in [1.82, 2.24) is 19.7 Å². The van der Waals surface area contributed by atoms with E-state index in [0.717, 1.165) is 24.8 Å². The number of fused-ring (bicyclic) bond motifs is 1. The maximum absolute atomic E-state index is 11.3. The van der Waals surface area contributed by atoms with E-state index in [1.165, 1.54) is 0 Å². The van der Waals surface area contributed by atoms with Gasteiger partial charge in [0.2, 0.25) is 0 Å². The SMILES string of the molecule is Cn1nc(C2CC3CC(O)(c4ncc[nH]4)CC3C2)c(C=O)c1N. The summed E-state index contributed by atoms with van der Waals surface area (Å²) < 4.78 is 1.58. The highest BCUT2D eigenvalue weighted by atomic mass is 16.3. The number of hydrogen-bond donors (Lipinski definition) is 3. The zero-order valence-electron chi connectivity index (χ0n) is 13.1. The Labute approximate surface area is 133 Å². The number of anilines is 1. The first-order valence-electron chi connectivity index (χ1n) is 8.01. The van der Waals surface area contributed by atoms with Gasteiger partial charge in [0.15, 0.2) is 6.29 Å². The predicted molar refractivity (Wildman–Crippen MR) is 83.7 cm³/mol. The molecule has 2 aliphatic rings. The maximum Gasteiger partial charge on any atom is 0.155 e. The van der Waals surface area contributed by atoms with Crippen LogP contribution in [0.4, 0.5) is 5.82 Å². The van der Waals surface area contributed by atoms with Gasteiger partial charge in [-0.15, -0.1) is 0 Å². The molecule has 0 radical (unpaired) electrons. The fraction of sp³-hybridized carbons (Fsp3) is 0.562. The Balaban J connectivity index is 1.55. The van der Waals surface area contributed by atoms with Crippen LogP contribution in [-0.2, 0) is 12.6 Å². The Hall–Kier alpha value is -2.15. The smallest absolute Gasteiger partial charge is 0.155 e. The van der Waals surface area contributed by atoms with E-state index in [9.17, 15) is 9.90 Å². The van der Waals surface area contributed by atoms with Crippen LogP contribution >= 0.6 is 0 Å². The number of nitrogen functional groups attached to an aromatic ring is 1. The Morgan fingerprint density at radius 1 is 1.43 bits per heavy atom. The molecule has 2 fully saturated rings. The number of aryl methyl sites for hydroxylation is 1. The van der Waals surface area contributed by atoms with E-state index in [1.807, 2.05) is 0 Å². The van der Waals surface area contributed by atoms with E-state index in [0.29, 0.717) is 41.9 Å². The van der Waals surface area contributed by atoms with Gasteiger partial charge in [-0.05, 0) is 37.5 Å². The minimum absolute atomic E-state index is 0.245. The molecule has 23 heavy (non-hydrogen) atoms. The summed E-state index contributed by atoms with van der Waals surface area (Å²) in [6, 6.07) is 0. The number of aromatic amines is 1. The fourth-order valence-electron chi connectivity index (χ4n) is 4.60. The van der Waals surface area contributed by atoms with Crippen molar-refractivity contribution in [2.75, 3.05) is 5.73 Å². The molecule has 2 aromatic heterocycles. The average Bonchev–Trinajstić information content (AvgIpc) is 3.23. The molecular formula is C16H21N5O2. The lowest BCUT2D eigenvalue weighted by molar-refractivity contribution is 0.0262. The van der Waals surface area contributed by atoms with E-state index in [4.69, 9.17) is 5.73 Å². The molecule has 2 heterocycles. The molecule has 4 rings (SSSR count). The number of nitrogens with zero attached hydrogens (tertiary/aromatic N) is 3. The molecule has 2 aromatic rings. The first-order valence-corrected chi connectivity index (χ1v) is 8.01. The molecule has 0 amide bonds. The second-order valence-corrected chi connectivity index (χ2v) is 6.99. The molecule has 0 aliphatic heterocycles. The molecule has 2 aliphatic carbocycles. The number of imidazole rings is 1. The molecule has 4 N–H and O–H groups in total. The molecule has 7 heteroatoms. The van der Waals surface area contributed by atoms with Crippen molar-refractivity contribution >= 4 is 12.1 Å². The summed E-state index contributed by atoms with van der Waals surface area (Å²) >= 11 is 0. The monoisotopic (exact) mass is 315 g/mol. The quantitative estimate of drug-likeness (QED) is 0.740. The minimum atomic E-state index is -0.847. The fourth-order valence-corrected chi connectivity index (χ4v) is 4.60. The number of nitrogens with one attached hydrogen (secondary N) is 1. The first-order chi connectivity index (χ1) is 11.0. The van der Waals surface area contributed by atoms with Gasteiger partial charge in [-0.25, -0.2) is 4.98 Å². The van der Waals surface area contributed by atoms with Crippen LogP contribution in [0, 0.1) is 11.8 Å². The van der Waals surface area contributed by atoms with Crippen molar-refractivity contribution in [1.29, 1.82) is 0 Å². The lowest BCUT2D eigenvalue weighted by Gasteiger charge is -2.22. The summed E-state index contributed by atoms with van der Waals surface area (Å²) in [6.07, 6.45) is 7.52. The zero-order valence-corrected chi connectivity index (χ0v) is 13.1. The molecule has 122 valence electrons. The van der Waals surface area contributed by atoms with Crippen LogP contribution in [-0.4, -0.2) is 31.1 Å². The average molecular weight is 315 g/mol. The van der Waals surface area contributed by atoms with E-state index < -0.39 is 5.60 Å². The van der Waals surface area contributed by atoms with Crippen LogP contribution in [0.2, 0.25) is 0 Å². The van der Waals surface area contributed by atoms with Crippen LogP contribution in [0.3, 0.4) is 0 Å². The third kappa shape index (κ3) is 2.10. The molecule has 2 unspecified atom stereocenters. The van der Waals surface area contributed by atoms with Crippen molar-refractivity contribution in [3.8, 4) is 0 Å². The van der Waals surface area contributed by atoms with Gasteiger partial charge in [0.1, 0.15) is 17.2 Å². The van der Waals surface area contributed by atoms with Gasteiger partial charge in [-0.3, -0.25) is 9.48 Å². The Morgan fingerprint density at radius 2 is 2.13 bits per heavy atom. The molecule has 0 aromatic carbocycles. The highest BCUT2D eigenvalue weighted by Gasteiger charge is 2.51. The lowest BCUT2D eigenvalue weighted by atomic mass is 9.91. The summed E-state index contributed by atoms with van der Waals surface area (Å²) in [7, 11) is 1.76. The summed E-state index contributed by atoms with van der Waals surface area (Å²) in [5.41, 5.74) is 6.42. The number of carbonyl (C=O) groups is 1. The Bertz CT molecular complexity index is 722. The van der Waals surface area contributed by atoms with Crippen molar-refractivity contribution < 1.29 is 9.90 Å². The number of rotatable bonds is 3. The van der Waals surface area contributed by atoms with Crippen molar-refractivity contribution in [2.24, 2.45) is 18.9 Å². The third-order valence-corrected chi connectivity index (χ3v) is 5.64. The van der Waals surface area contributed by atoms with Gasteiger partial charge < -0.3 is 15.8 Å². The highest BCUT2D eigenvalue weighted by Crippen LogP contribution is 2.56. The summed E-state index contributed by atoms with van der Waals surface area (Å²) in [4.78, 5) is 18.6.